The summed E-state index contributed by atoms with van der Waals surface area (Å²) >= 11 is 0. The molecule has 0 spiro atoms. The summed E-state index contributed by atoms with van der Waals surface area (Å²) in [4.78, 5) is 21.2. The van der Waals surface area contributed by atoms with Crippen molar-refractivity contribution in [1.82, 2.24) is 5.32 Å². The van der Waals surface area contributed by atoms with Gasteiger partial charge in [-0.2, -0.15) is 0 Å². The molecule has 0 heterocycles. The second-order valence-electron chi connectivity index (χ2n) is 1.99. The summed E-state index contributed by atoms with van der Waals surface area (Å²) in [5, 5.41) is 2.31. The minimum atomic E-state index is -0.736. The average molecular weight is 157 g/mol. The standard InChI is InChI=1S/C7H11NO3/c1-4-8-7(10)11-6(9)5(2)3/h2,4H2,1,3H3,(H,8,10). The van der Waals surface area contributed by atoms with Crippen molar-refractivity contribution < 1.29 is 14.3 Å². The van der Waals surface area contributed by atoms with E-state index in [0.717, 1.165) is 0 Å². The van der Waals surface area contributed by atoms with E-state index < -0.39 is 12.1 Å². The molecule has 4 heteroatoms. The number of esters is 1. The highest BCUT2D eigenvalue weighted by Crippen LogP contribution is 1.91. The summed E-state index contributed by atoms with van der Waals surface area (Å²) < 4.78 is 4.26. The van der Waals surface area contributed by atoms with Gasteiger partial charge in [0.2, 0.25) is 0 Å². The number of amides is 1. The molecule has 0 aliphatic carbocycles. The highest BCUT2D eigenvalue weighted by atomic mass is 16.6. The number of rotatable bonds is 2. The topological polar surface area (TPSA) is 55.4 Å². The van der Waals surface area contributed by atoms with Crippen LogP contribution in [0.2, 0.25) is 0 Å². The lowest BCUT2D eigenvalue weighted by Crippen LogP contribution is -2.26. The Hall–Kier alpha value is -1.32. The third kappa shape index (κ3) is 4.13. The van der Waals surface area contributed by atoms with E-state index in [0.29, 0.717) is 6.54 Å². The molecule has 0 unspecified atom stereocenters. The first-order valence-electron chi connectivity index (χ1n) is 3.23. The first-order chi connectivity index (χ1) is 5.07. The van der Waals surface area contributed by atoms with Crippen molar-refractivity contribution in [2.24, 2.45) is 0 Å². The average Bonchev–Trinajstić information content (AvgIpc) is 1.87. The fourth-order valence-electron chi connectivity index (χ4n) is 0.352. The van der Waals surface area contributed by atoms with Crippen LogP contribution in [0, 0.1) is 0 Å². The molecule has 11 heavy (non-hydrogen) atoms. The summed E-state index contributed by atoms with van der Waals surface area (Å²) in [5.41, 5.74) is 0.205. The lowest BCUT2D eigenvalue weighted by molar-refractivity contribution is -0.132. The van der Waals surface area contributed by atoms with Gasteiger partial charge in [-0.25, -0.2) is 9.59 Å². The Morgan fingerprint density at radius 3 is 2.45 bits per heavy atom. The summed E-state index contributed by atoms with van der Waals surface area (Å²) in [6.45, 7) is 6.95. The molecule has 0 aromatic heterocycles. The van der Waals surface area contributed by atoms with Gasteiger partial charge in [-0.1, -0.05) is 6.58 Å². The minimum absolute atomic E-state index is 0.205. The Bertz CT molecular complexity index is 186. The summed E-state index contributed by atoms with van der Waals surface area (Å²) in [7, 11) is 0. The molecule has 0 radical (unpaired) electrons. The lowest BCUT2D eigenvalue weighted by Gasteiger charge is -2.01. The zero-order chi connectivity index (χ0) is 8.85. The summed E-state index contributed by atoms with van der Waals surface area (Å²) in [6, 6.07) is 0. The lowest BCUT2D eigenvalue weighted by atomic mass is 10.4. The van der Waals surface area contributed by atoms with Gasteiger partial charge in [0.15, 0.2) is 0 Å². The molecule has 0 saturated heterocycles. The van der Waals surface area contributed by atoms with Gasteiger partial charge < -0.3 is 10.1 Å². The summed E-state index contributed by atoms with van der Waals surface area (Å²) in [5.74, 6) is -0.698. The van der Waals surface area contributed by atoms with Crippen LogP contribution in [-0.4, -0.2) is 18.6 Å². The van der Waals surface area contributed by atoms with E-state index in [-0.39, 0.29) is 5.57 Å². The van der Waals surface area contributed by atoms with Crippen LogP contribution in [0.3, 0.4) is 0 Å². The van der Waals surface area contributed by atoms with E-state index in [2.05, 4.69) is 16.6 Å². The molecule has 0 fully saturated rings. The van der Waals surface area contributed by atoms with Gasteiger partial charge in [-0.05, 0) is 13.8 Å². The van der Waals surface area contributed by atoms with Gasteiger partial charge in [0.05, 0.1) is 0 Å². The Labute approximate surface area is 65.2 Å². The first kappa shape index (κ1) is 9.68. The number of hydrogen-bond acceptors (Lipinski definition) is 3. The molecule has 0 bridgehead atoms. The first-order valence-corrected chi connectivity index (χ1v) is 3.23. The normalized spacial score (nSPS) is 8.55. The monoisotopic (exact) mass is 157 g/mol. The second-order valence-corrected chi connectivity index (χ2v) is 1.99. The van der Waals surface area contributed by atoms with E-state index in [1.54, 1.807) is 6.92 Å². The van der Waals surface area contributed by atoms with Crippen molar-refractivity contribution in [2.75, 3.05) is 6.54 Å². The maximum absolute atomic E-state index is 10.6. The smallest absolute Gasteiger partial charge is 0.373 e. The fraction of sp³-hybridized carbons (Fsp3) is 0.429. The van der Waals surface area contributed by atoms with Crippen molar-refractivity contribution in [3.8, 4) is 0 Å². The maximum atomic E-state index is 10.6. The Balaban J connectivity index is 3.76. The molecule has 0 aliphatic rings. The Kier molecular flexibility index (Phi) is 3.95. The van der Waals surface area contributed by atoms with Crippen molar-refractivity contribution in [3.63, 3.8) is 0 Å². The van der Waals surface area contributed by atoms with Gasteiger partial charge >= 0.3 is 12.1 Å². The number of carbonyl (C=O) groups is 2. The van der Waals surface area contributed by atoms with Crippen LogP contribution in [0.4, 0.5) is 4.79 Å². The second kappa shape index (κ2) is 4.49. The number of hydrogen-bond donors (Lipinski definition) is 1. The molecular formula is C7H11NO3. The van der Waals surface area contributed by atoms with E-state index >= 15 is 0 Å². The van der Waals surface area contributed by atoms with Gasteiger partial charge in [-0.3, -0.25) is 0 Å². The number of alkyl carbamates (subject to hydrolysis) is 1. The molecule has 1 amide bonds. The van der Waals surface area contributed by atoms with Crippen molar-refractivity contribution in [1.29, 1.82) is 0 Å². The van der Waals surface area contributed by atoms with Crippen LogP contribution in [0.15, 0.2) is 12.2 Å². The van der Waals surface area contributed by atoms with E-state index in [1.165, 1.54) is 6.92 Å². The molecule has 1 N–H and O–H groups in total. The maximum Gasteiger partial charge on any atom is 0.415 e. The van der Waals surface area contributed by atoms with E-state index in [9.17, 15) is 9.59 Å². The molecule has 0 rings (SSSR count). The van der Waals surface area contributed by atoms with E-state index in [4.69, 9.17) is 0 Å². The zero-order valence-corrected chi connectivity index (χ0v) is 6.64. The van der Waals surface area contributed by atoms with Gasteiger partial charge in [0, 0.05) is 12.1 Å². The van der Waals surface area contributed by atoms with Crippen LogP contribution in [-0.2, 0) is 9.53 Å². The predicted octanol–water partition coefficient (Wildman–Crippen LogP) is 0.835. The van der Waals surface area contributed by atoms with Gasteiger partial charge in [-0.15, -0.1) is 0 Å². The zero-order valence-electron chi connectivity index (χ0n) is 6.64. The van der Waals surface area contributed by atoms with E-state index in [1.807, 2.05) is 0 Å². The number of nitrogens with one attached hydrogen (secondary N) is 1. The highest BCUT2D eigenvalue weighted by Gasteiger charge is 2.08. The quantitative estimate of drug-likeness (QED) is 0.367. The van der Waals surface area contributed by atoms with Gasteiger partial charge in [0.25, 0.3) is 0 Å². The fourth-order valence-corrected chi connectivity index (χ4v) is 0.352. The Morgan fingerprint density at radius 2 is 2.09 bits per heavy atom. The SMILES string of the molecule is C=C(C)C(=O)OC(=O)NCC. The Morgan fingerprint density at radius 1 is 1.55 bits per heavy atom. The minimum Gasteiger partial charge on any atom is -0.373 e. The van der Waals surface area contributed by atoms with Crippen molar-refractivity contribution >= 4 is 12.1 Å². The number of carbonyl (C=O) groups excluding carboxylic acids is 2. The summed E-state index contributed by atoms with van der Waals surface area (Å²) in [6.07, 6.45) is -0.736. The van der Waals surface area contributed by atoms with Crippen LogP contribution in [0.1, 0.15) is 13.8 Å². The largest absolute Gasteiger partial charge is 0.415 e. The van der Waals surface area contributed by atoms with Crippen LogP contribution in [0.25, 0.3) is 0 Å². The molecule has 4 nitrogen and oxygen atoms in total. The molecule has 62 valence electrons. The van der Waals surface area contributed by atoms with Crippen LogP contribution in [0.5, 0.6) is 0 Å². The molecular weight excluding hydrogens is 146 g/mol. The predicted molar refractivity (Wildman–Crippen MR) is 40.0 cm³/mol. The van der Waals surface area contributed by atoms with Crippen LogP contribution >= 0.6 is 0 Å². The van der Waals surface area contributed by atoms with Crippen LogP contribution < -0.4 is 5.32 Å². The molecule has 0 aromatic carbocycles. The third-order valence-corrected chi connectivity index (χ3v) is 0.855. The van der Waals surface area contributed by atoms with Gasteiger partial charge in [0.1, 0.15) is 0 Å². The van der Waals surface area contributed by atoms with Crippen molar-refractivity contribution in [2.45, 2.75) is 13.8 Å². The molecule has 0 atom stereocenters. The molecule has 0 saturated carbocycles. The third-order valence-electron chi connectivity index (χ3n) is 0.855. The number of ether oxygens (including phenoxy) is 1. The highest BCUT2D eigenvalue weighted by molar-refractivity contribution is 5.94. The van der Waals surface area contributed by atoms with Crippen molar-refractivity contribution in [3.05, 3.63) is 12.2 Å². The molecule has 0 aliphatic heterocycles. The molecule has 0 aromatic rings.